The van der Waals surface area contributed by atoms with Gasteiger partial charge in [-0.1, -0.05) is 13.8 Å². The summed E-state index contributed by atoms with van der Waals surface area (Å²) in [5.41, 5.74) is 6.72. The van der Waals surface area contributed by atoms with E-state index in [1.807, 2.05) is 13.8 Å². The summed E-state index contributed by atoms with van der Waals surface area (Å²) in [5.74, 6) is -0.106. The van der Waals surface area contributed by atoms with Crippen LogP contribution in [0, 0.1) is 0 Å². The fraction of sp³-hybridized carbons (Fsp3) is 0.600. The van der Waals surface area contributed by atoms with E-state index in [2.05, 4.69) is 0 Å². The van der Waals surface area contributed by atoms with E-state index in [9.17, 15) is 9.59 Å². The molecule has 1 saturated carbocycles. The van der Waals surface area contributed by atoms with E-state index in [0.717, 1.165) is 38.5 Å². The molecule has 2 rings (SSSR count). The minimum Gasteiger partial charge on any atom is -0.482 e. The van der Waals surface area contributed by atoms with Gasteiger partial charge in [-0.3, -0.25) is 4.79 Å². The molecule has 0 unspecified atom stereocenters. The Hall–Kier alpha value is -2.24. The Balaban J connectivity index is 1.97. The monoisotopic (exact) mass is 362 g/mol. The minimum atomic E-state index is -0.369. The number of anilines is 1. The Labute approximate surface area is 155 Å². The number of nitrogens with zero attached hydrogens (tertiary/aromatic N) is 1. The number of nitrogens with two attached hydrogens (primary N) is 1. The maximum absolute atomic E-state index is 12.3. The van der Waals surface area contributed by atoms with Crippen LogP contribution in [0.4, 0.5) is 5.69 Å². The third kappa shape index (κ3) is 5.64. The lowest BCUT2D eigenvalue weighted by Gasteiger charge is -2.21. The van der Waals surface area contributed by atoms with Crippen LogP contribution in [-0.4, -0.2) is 42.6 Å². The molecule has 1 fully saturated rings. The number of carbonyl (C=O) groups excluding carboxylic acids is 2. The van der Waals surface area contributed by atoms with Gasteiger partial charge in [-0.25, -0.2) is 4.79 Å². The molecule has 1 aromatic rings. The maximum Gasteiger partial charge on any atom is 0.338 e. The molecule has 144 valence electrons. The quantitative estimate of drug-likeness (QED) is 0.538. The molecule has 0 aromatic heterocycles. The third-order valence-corrected chi connectivity index (χ3v) is 4.52. The summed E-state index contributed by atoms with van der Waals surface area (Å²) in [7, 11) is 0. The van der Waals surface area contributed by atoms with Gasteiger partial charge in [-0.05, 0) is 56.7 Å². The molecule has 6 nitrogen and oxygen atoms in total. The number of hydrogen-bond donors (Lipinski definition) is 1. The van der Waals surface area contributed by atoms with Crippen LogP contribution in [0.25, 0.3) is 0 Å². The van der Waals surface area contributed by atoms with Crippen molar-refractivity contribution in [1.82, 2.24) is 4.90 Å². The summed E-state index contributed by atoms with van der Waals surface area (Å²) in [6.07, 6.45) is 5.84. The summed E-state index contributed by atoms with van der Waals surface area (Å²) < 4.78 is 11.1. The topological polar surface area (TPSA) is 81.9 Å². The van der Waals surface area contributed by atoms with Crippen molar-refractivity contribution in [3.63, 3.8) is 0 Å². The van der Waals surface area contributed by atoms with Crippen LogP contribution < -0.4 is 10.5 Å². The minimum absolute atomic E-state index is 0.00245. The molecule has 6 heteroatoms. The number of ether oxygens (including phenoxy) is 2. The largest absolute Gasteiger partial charge is 0.482 e. The van der Waals surface area contributed by atoms with Crippen LogP contribution in [0.5, 0.6) is 5.75 Å². The van der Waals surface area contributed by atoms with Crippen LogP contribution in [0.3, 0.4) is 0 Å². The van der Waals surface area contributed by atoms with Crippen molar-refractivity contribution in [1.29, 1.82) is 0 Å². The predicted octanol–water partition coefficient (Wildman–Crippen LogP) is 3.40. The van der Waals surface area contributed by atoms with Gasteiger partial charge in [0.15, 0.2) is 6.61 Å². The molecule has 1 amide bonds. The second-order valence-corrected chi connectivity index (χ2v) is 6.73. The number of rotatable bonds is 9. The molecule has 1 aliphatic carbocycles. The Morgan fingerprint density at radius 1 is 1.15 bits per heavy atom. The summed E-state index contributed by atoms with van der Waals surface area (Å²) in [6.45, 7) is 5.40. The normalized spacial score (nSPS) is 14.2. The van der Waals surface area contributed by atoms with E-state index in [4.69, 9.17) is 15.2 Å². The van der Waals surface area contributed by atoms with Gasteiger partial charge in [0.2, 0.25) is 0 Å². The SMILES string of the molecule is CCCN(CCC)C(=O)COc1cc(C(=O)OC2CCCC2)ccc1N. The van der Waals surface area contributed by atoms with Crippen molar-refractivity contribution in [2.75, 3.05) is 25.4 Å². The molecular formula is C20H30N2O4. The van der Waals surface area contributed by atoms with Crippen LogP contribution in [0.15, 0.2) is 18.2 Å². The number of nitrogen functional groups attached to an aromatic ring is 1. The molecule has 0 radical (unpaired) electrons. The zero-order chi connectivity index (χ0) is 18.9. The lowest BCUT2D eigenvalue weighted by atomic mass is 10.2. The Morgan fingerprint density at radius 2 is 1.81 bits per heavy atom. The molecule has 1 aromatic carbocycles. The second-order valence-electron chi connectivity index (χ2n) is 6.73. The summed E-state index contributed by atoms with van der Waals surface area (Å²) in [4.78, 5) is 26.4. The predicted molar refractivity (Wildman–Crippen MR) is 101 cm³/mol. The third-order valence-electron chi connectivity index (χ3n) is 4.52. The molecular weight excluding hydrogens is 332 g/mol. The van der Waals surface area contributed by atoms with Gasteiger partial charge in [-0.2, -0.15) is 0 Å². The van der Waals surface area contributed by atoms with Gasteiger partial charge in [-0.15, -0.1) is 0 Å². The Morgan fingerprint density at radius 3 is 2.42 bits per heavy atom. The summed E-state index contributed by atoms with van der Waals surface area (Å²) in [5, 5.41) is 0. The van der Waals surface area contributed by atoms with E-state index in [1.54, 1.807) is 23.1 Å². The second kappa shape index (κ2) is 10.0. The summed E-state index contributed by atoms with van der Waals surface area (Å²) in [6, 6.07) is 4.80. The molecule has 0 spiro atoms. The first kappa shape index (κ1) is 20.1. The molecule has 1 aliphatic rings. The van der Waals surface area contributed by atoms with Crippen molar-refractivity contribution in [2.24, 2.45) is 0 Å². The van der Waals surface area contributed by atoms with Gasteiger partial charge < -0.3 is 20.1 Å². The van der Waals surface area contributed by atoms with Crippen LogP contribution >= 0.6 is 0 Å². The maximum atomic E-state index is 12.3. The highest BCUT2D eigenvalue weighted by Gasteiger charge is 2.21. The summed E-state index contributed by atoms with van der Waals surface area (Å²) >= 11 is 0. The average molecular weight is 362 g/mol. The van der Waals surface area contributed by atoms with Crippen molar-refractivity contribution >= 4 is 17.6 Å². The van der Waals surface area contributed by atoms with E-state index in [1.165, 1.54) is 0 Å². The van der Waals surface area contributed by atoms with Crippen molar-refractivity contribution < 1.29 is 19.1 Å². The lowest BCUT2D eigenvalue weighted by Crippen LogP contribution is -2.36. The van der Waals surface area contributed by atoms with Crippen LogP contribution in [0.2, 0.25) is 0 Å². The first-order chi connectivity index (χ1) is 12.5. The highest BCUT2D eigenvalue weighted by Crippen LogP contribution is 2.26. The number of esters is 1. The zero-order valence-corrected chi connectivity index (χ0v) is 15.8. The molecule has 0 saturated heterocycles. The first-order valence-electron chi connectivity index (χ1n) is 9.56. The van der Waals surface area contributed by atoms with E-state index >= 15 is 0 Å². The van der Waals surface area contributed by atoms with Crippen molar-refractivity contribution in [3.8, 4) is 5.75 Å². The van der Waals surface area contributed by atoms with E-state index < -0.39 is 0 Å². The molecule has 0 bridgehead atoms. The Bertz CT molecular complexity index is 606. The Kier molecular flexibility index (Phi) is 7.75. The smallest absolute Gasteiger partial charge is 0.338 e. The number of benzene rings is 1. The van der Waals surface area contributed by atoms with Gasteiger partial charge in [0, 0.05) is 13.1 Å². The number of amides is 1. The fourth-order valence-electron chi connectivity index (χ4n) is 3.14. The fourth-order valence-corrected chi connectivity index (χ4v) is 3.14. The molecule has 0 atom stereocenters. The van der Waals surface area contributed by atoms with E-state index in [-0.39, 0.29) is 24.6 Å². The lowest BCUT2D eigenvalue weighted by molar-refractivity contribution is -0.133. The van der Waals surface area contributed by atoms with Crippen molar-refractivity contribution in [2.45, 2.75) is 58.5 Å². The van der Waals surface area contributed by atoms with Gasteiger partial charge in [0.05, 0.1) is 11.3 Å². The van der Waals surface area contributed by atoms with Gasteiger partial charge in [0.1, 0.15) is 11.9 Å². The highest BCUT2D eigenvalue weighted by atomic mass is 16.5. The molecule has 2 N–H and O–H groups in total. The standard InChI is InChI=1S/C20H30N2O4/c1-3-11-22(12-4-2)19(23)14-25-18-13-15(9-10-17(18)21)20(24)26-16-7-5-6-8-16/h9-10,13,16H,3-8,11-12,14,21H2,1-2H3. The van der Waals surface area contributed by atoms with Gasteiger partial charge >= 0.3 is 5.97 Å². The first-order valence-corrected chi connectivity index (χ1v) is 9.56. The van der Waals surface area contributed by atoms with Crippen LogP contribution in [0.1, 0.15) is 62.7 Å². The van der Waals surface area contributed by atoms with Crippen molar-refractivity contribution in [3.05, 3.63) is 23.8 Å². The van der Waals surface area contributed by atoms with Gasteiger partial charge in [0.25, 0.3) is 5.91 Å². The number of carbonyl (C=O) groups is 2. The average Bonchev–Trinajstić information content (AvgIpc) is 3.13. The highest BCUT2D eigenvalue weighted by molar-refractivity contribution is 5.91. The molecule has 26 heavy (non-hydrogen) atoms. The molecule has 0 aliphatic heterocycles. The molecule has 0 heterocycles. The van der Waals surface area contributed by atoms with Crippen LogP contribution in [-0.2, 0) is 9.53 Å². The van der Waals surface area contributed by atoms with E-state index in [0.29, 0.717) is 30.1 Å². The zero-order valence-electron chi connectivity index (χ0n) is 15.8. The number of hydrogen-bond acceptors (Lipinski definition) is 5.